The van der Waals surface area contributed by atoms with Crippen molar-refractivity contribution < 1.29 is 9.53 Å². The first-order valence-corrected chi connectivity index (χ1v) is 11.8. The molecule has 1 fully saturated rings. The molecular formula is C23H37N3O2S. The molecule has 1 aliphatic heterocycles. The lowest BCUT2D eigenvalue weighted by Crippen LogP contribution is -2.42. The van der Waals surface area contributed by atoms with E-state index < -0.39 is 0 Å². The second kappa shape index (κ2) is 8.01. The number of hydrogen-bond donors (Lipinski definition) is 0. The predicted octanol–water partition coefficient (Wildman–Crippen LogP) is 4.95. The van der Waals surface area contributed by atoms with Crippen molar-refractivity contribution in [3.63, 3.8) is 0 Å². The van der Waals surface area contributed by atoms with E-state index >= 15 is 0 Å². The number of carbonyl (C=O) groups excluding carboxylic acids is 1. The van der Waals surface area contributed by atoms with Crippen LogP contribution in [0.1, 0.15) is 79.7 Å². The first kappa shape index (κ1) is 22.3. The quantitative estimate of drug-likeness (QED) is 0.678. The molecule has 1 amide bonds. The number of rotatable bonds is 5. The minimum absolute atomic E-state index is 0.00833. The lowest BCUT2D eigenvalue weighted by molar-refractivity contribution is -0.125. The van der Waals surface area contributed by atoms with Crippen LogP contribution in [0.2, 0.25) is 0 Å². The third kappa shape index (κ3) is 4.10. The van der Waals surface area contributed by atoms with E-state index in [-0.39, 0.29) is 28.2 Å². The third-order valence-electron chi connectivity index (χ3n) is 6.99. The standard InChI is InChI=1S/C23H37N3O2S/c1-8-9-10-16-15-26(21(2,3)4)29-19(16)25-18(27)17-11-12-23(7,22(17,5)6)20-24-13-14-28-20/h15,17H,8-14H2,1-7H3/b25-19-/t17-,23+/m0/s1. The van der Waals surface area contributed by atoms with Crippen molar-refractivity contribution in [1.29, 1.82) is 0 Å². The summed E-state index contributed by atoms with van der Waals surface area (Å²) in [5.74, 6) is 0.740. The Morgan fingerprint density at radius 1 is 1.38 bits per heavy atom. The Hall–Kier alpha value is -1.43. The number of aliphatic imine (C=N–C) groups is 1. The van der Waals surface area contributed by atoms with E-state index in [4.69, 9.17) is 9.73 Å². The maximum Gasteiger partial charge on any atom is 0.250 e. The van der Waals surface area contributed by atoms with Crippen LogP contribution in [0, 0.1) is 16.7 Å². The fraction of sp³-hybridized carbons (Fsp3) is 0.783. The fourth-order valence-corrected chi connectivity index (χ4v) is 5.54. The van der Waals surface area contributed by atoms with Crippen LogP contribution in [0.5, 0.6) is 0 Å². The lowest BCUT2D eigenvalue weighted by atomic mass is 9.65. The zero-order valence-electron chi connectivity index (χ0n) is 19.2. The Morgan fingerprint density at radius 2 is 2.10 bits per heavy atom. The highest BCUT2D eigenvalue weighted by Gasteiger charge is 2.58. The molecule has 0 bridgehead atoms. The van der Waals surface area contributed by atoms with Crippen molar-refractivity contribution in [2.75, 3.05) is 13.2 Å². The molecule has 2 heterocycles. The highest BCUT2D eigenvalue weighted by Crippen LogP contribution is 2.57. The van der Waals surface area contributed by atoms with Gasteiger partial charge in [0.2, 0.25) is 0 Å². The molecule has 0 N–H and O–H groups in total. The third-order valence-corrected chi connectivity index (χ3v) is 8.36. The largest absolute Gasteiger partial charge is 0.479 e. The summed E-state index contributed by atoms with van der Waals surface area (Å²) in [5.41, 5.74) is 0.746. The smallest absolute Gasteiger partial charge is 0.250 e. The normalized spacial score (nSPS) is 27.2. The highest BCUT2D eigenvalue weighted by atomic mass is 32.1. The van der Waals surface area contributed by atoms with Gasteiger partial charge in [-0.1, -0.05) is 34.1 Å². The predicted molar refractivity (Wildman–Crippen MR) is 119 cm³/mol. The zero-order chi connectivity index (χ0) is 21.4. The molecule has 0 radical (unpaired) electrons. The Kier molecular flexibility index (Phi) is 6.15. The van der Waals surface area contributed by atoms with Gasteiger partial charge >= 0.3 is 0 Å². The molecular weight excluding hydrogens is 382 g/mol. The molecule has 2 aliphatic rings. The Morgan fingerprint density at radius 3 is 2.69 bits per heavy atom. The van der Waals surface area contributed by atoms with Crippen LogP contribution in [0.4, 0.5) is 0 Å². The Balaban J connectivity index is 1.93. The van der Waals surface area contributed by atoms with E-state index in [9.17, 15) is 4.79 Å². The van der Waals surface area contributed by atoms with Gasteiger partial charge in [-0.05, 0) is 63.4 Å². The first-order chi connectivity index (χ1) is 13.5. The summed E-state index contributed by atoms with van der Waals surface area (Å²) in [6.45, 7) is 16.7. The zero-order valence-corrected chi connectivity index (χ0v) is 20.0. The molecule has 0 saturated heterocycles. The molecule has 162 valence electrons. The molecule has 1 aliphatic carbocycles. The maximum absolute atomic E-state index is 13.4. The highest BCUT2D eigenvalue weighted by molar-refractivity contribution is 7.04. The van der Waals surface area contributed by atoms with E-state index in [1.807, 2.05) is 0 Å². The summed E-state index contributed by atoms with van der Waals surface area (Å²) in [6, 6.07) is 0. The first-order valence-electron chi connectivity index (χ1n) is 11.0. The van der Waals surface area contributed by atoms with Crippen LogP contribution < -0.4 is 4.67 Å². The molecule has 1 saturated carbocycles. The fourth-order valence-electron chi connectivity index (χ4n) is 4.50. The van der Waals surface area contributed by atoms with Gasteiger partial charge in [-0.15, -0.1) is 0 Å². The van der Waals surface area contributed by atoms with Gasteiger partial charge in [-0.3, -0.25) is 13.7 Å². The number of carbonyl (C=O) groups is 1. The number of aromatic nitrogens is 1. The van der Waals surface area contributed by atoms with Crippen molar-refractivity contribution >= 4 is 23.3 Å². The second-order valence-electron chi connectivity index (χ2n) is 10.3. The van der Waals surface area contributed by atoms with Crippen LogP contribution >= 0.6 is 11.5 Å². The van der Waals surface area contributed by atoms with Crippen LogP contribution in [-0.4, -0.2) is 28.9 Å². The Bertz CT molecular complexity index is 856. The van der Waals surface area contributed by atoms with Crippen molar-refractivity contribution in [2.45, 2.75) is 86.1 Å². The van der Waals surface area contributed by atoms with Gasteiger partial charge in [-0.25, -0.2) is 4.99 Å². The van der Waals surface area contributed by atoms with Gasteiger partial charge < -0.3 is 4.74 Å². The van der Waals surface area contributed by atoms with E-state index in [1.165, 1.54) is 5.56 Å². The van der Waals surface area contributed by atoms with E-state index in [2.05, 4.69) is 63.6 Å². The molecule has 0 spiro atoms. The summed E-state index contributed by atoms with van der Waals surface area (Å²) in [7, 11) is 0. The molecule has 3 rings (SSSR count). The number of ether oxygens (including phenoxy) is 1. The maximum atomic E-state index is 13.4. The van der Waals surface area contributed by atoms with E-state index in [1.54, 1.807) is 11.5 Å². The van der Waals surface area contributed by atoms with Crippen LogP contribution in [0.3, 0.4) is 0 Å². The lowest BCUT2D eigenvalue weighted by Gasteiger charge is -2.39. The number of hydrogen-bond acceptors (Lipinski definition) is 4. The average Bonchev–Trinajstić information content (AvgIpc) is 3.33. The van der Waals surface area contributed by atoms with Crippen molar-refractivity contribution in [3.05, 3.63) is 16.4 Å². The van der Waals surface area contributed by atoms with Crippen molar-refractivity contribution in [1.82, 2.24) is 3.96 Å². The summed E-state index contributed by atoms with van der Waals surface area (Å²) >= 11 is 1.61. The van der Waals surface area contributed by atoms with Gasteiger partial charge in [0.05, 0.1) is 6.54 Å². The summed E-state index contributed by atoms with van der Waals surface area (Å²) in [6.07, 6.45) is 7.16. The van der Waals surface area contributed by atoms with E-state index in [0.29, 0.717) is 6.61 Å². The molecule has 6 heteroatoms. The summed E-state index contributed by atoms with van der Waals surface area (Å²) in [4.78, 5) is 22.7. The summed E-state index contributed by atoms with van der Waals surface area (Å²) < 4.78 is 8.95. The molecule has 1 aromatic rings. The summed E-state index contributed by atoms with van der Waals surface area (Å²) in [5, 5.41) is 0. The van der Waals surface area contributed by atoms with Crippen molar-refractivity contribution in [2.24, 2.45) is 26.7 Å². The number of aryl methyl sites for hydroxylation is 1. The molecule has 5 nitrogen and oxygen atoms in total. The van der Waals surface area contributed by atoms with Gasteiger partial charge in [0.1, 0.15) is 11.3 Å². The minimum atomic E-state index is -0.238. The number of nitrogens with zero attached hydrogens (tertiary/aromatic N) is 3. The van der Waals surface area contributed by atoms with Crippen LogP contribution in [0.25, 0.3) is 0 Å². The molecule has 29 heavy (non-hydrogen) atoms. The van der Waals surface area contributed by atoms with Crippen LogP contribution in [0.15, 0.2) is 16.2 Å². The molecule has 1 aromatic heterocycles. The SMILES string of the molecule is CCCCc1cn(C(C)(C)C)s/c1=N\C(=O)[C@@H]1CC[C@](C)(C2=NCCO2)C1(C)C. The molecule has 2 atom stereocenters. The topological polar surface area (TPSA) is 56.0 Å². The second-order valence-corrected chi connectivity index (χ2v) is 11.2. The average molecular weight is 420 g/mol. The number of unbranched alkanes of at least 4 members (excludes halogenated alkanes) is 1. The molecule has 0 aromatic carbocycles. The minimum Gasteiger partial charge on any atom is -0.479 e. The van der Waals surface area contributed by atoms with Gasteiger partial charge in [0.15, 0.2) is 5.90 Å². The van der Waals surface area contributed by atoms with Gasteiger partial charge in [0.25, 0.3) is 5.91 Å². The molecule has 0 unspecified atom stereocenters. The monoisotopic (exact) mass is 419 g/mol. The van der Waals surface area contributed by atoms with Crippen molar-refractivity contribution in [3.8, 4) is 0 Å². The number of amides is 1. The van der Waals surface area contributed by atoms with E-state index in [0.717, 1.165) is 49.2 Å². The van der Waals surface area contributed by atoms with Crippen LogP contribution in [-0.2, 0) is 21.5 Å². The Labute approximate surface area is 179 Å². The van der Waals surface area contributed by atoms with Gasteiger partial charge in [0, 0.05) is 28.6 Å². The van der Waals surface area contributed by atoms with Gasteiger partial charge in [-0.2, -0.15) is 0 Å².